The summed E-state index contributed by atoms with van der Waals surface area (Å²) in [5.41, 5.74) is 0.201. The van der Waals surface area contributed by atoms with E-state index in [1.54, 1.807) is 37.4 Å². The highest BCUT2D eigenvalue weighted by atomic mass is 19.4. The number of halogens is 3. The Bertz CT molecular complexity index is 483. The first-order chi connectivity index (χ1) is 7.48. The van der Waals surface area contributed by atoms with Gasteiger partial charge in [-0.25, -0.2) is 0 Å². The minimum atomic E-state index is -4.31. The van der Waals surface area contributed by atoms with Crippen LogP contribution in [0.2, 0.25) is 0 Å². The molecule has 0 fully saturated rings. The predicted octanol–water partition coefficient (Wildman–Crippen LogP) is 3.71. The number of benzene rings is 1. The van der Waals surface area contributed by atoms with Gasteiger partial charge in [0.15, 0.2) is 0 Å². The Kier molecular flexibility index (Phi) is 2.50. The van der Waals surface area contributed by atoms with Crippen LogP contribution in [0.25, 0.3) is 11.1 Å². The van der Waals surface area contributed by atoms with Crippen molar-refractivity contribution in [3.8, 4) is 11.1 Å². The zero-order valence-electron chi connectivity index (χ0n) is 8.62. The van der Waals surface area contributed by atoms with Crippen molar-refractivity contribution < 1.29 is 13.2 Å². The minimum Gasteiger partial charge on any atom is -0.356 e. The van der Waals surface area contributed by atoms with Crippen molar-refractivity contribution in [1.29, 1.82) is 0 Å². The van der Waals surface area contributed by atoms with Crippen LogP contribution in [0.3, 0.4) is 0 Å². The third kappa shape index (κ3) is 1.96. The van der Waals surface area contributed by atoms with Gasteiger partial charge in [-0.2, -0.15) is 13.2 Å². The van der Waals surface area contributed by atoms with Crippen LogP contribution in [0.5, 0.6) is 0 Å². The number of aryl methyl sites for hydroxylation is 1. The summed E-state index contributed by atoms with van der Waals surface area (Å²) in [6.07, 6.45) is -1.73. The molecule has 0 saturated heterocycles. The molecule has 0 unspecified atom stereocenters. The molecule has 1 aromatic carbocycles. The topological polar surface area (TPSA) is 4.93 Å². The molecular weight excluding hydrogens is 215 g/mol. The monoisotopic (exact) mass is 225 g/mol. The van der Waals surface area contributed by atoms with E-state index in [0.29, 0.717) is 5.56 Å². The molecule has 0 atom stereocenters. The number of alkyl halides is 3. The number of nitrogens with zero attached hydrogens (tertiary/aromatic N) is 1. The van der Waals surface area contributed by atoms with Crippen LogP contribution in [-0.4, -0.2) is 4.57 Å². The normalized spacial score (nSPS) is 11.8. The van der Waals surface area contributed by atoms with Crippen LogP contribution in [0.4, 0.5) is 13.2 Å². The fourth-order valence-electron chi connectivity index (χ4n) is 1.66. The first-order valence-electron chi connectivity index (χ1n) is 4.77. The smallest absolute Gasteiger partial charge is 0.356 e. The first kappa shape index (κ1) is 10.8. The third-order valence-corrected chi connectivity index (χ3v) is 2.35. The van der Waals surface area contributed by atoms with Crippen molar-refractivity contribution in [1.82, 2.24) is 4.57 Å². The van der Waals surface area contributed by atoms with Gasteiger partial charge in [0.2, 0.25) is 0 Å². The minimum absolute atomic E-state index is 0.218. The van der Waals surface area contributed by atoms with E-state index in [-0.39, 0.29) is 5.56 Å². The summed E-state index contributed by atoms with van der Waals surface area (Å²) in [5, 5.41) is 0. The Balaban J connectivity index is 2.58. The highest BCUT2D eigenvalue weighted by molar-refractivity contribution is 5.67. The Morgan fingerprint density at radius 2 is 1.62 bits per heavy atom. The highest BCUT2D eigenvalue weighted by Crippen LogP contribution is 2.37. The molecule has 1 aromatic heterocycles. The van der Waals surface area contributed by atoms with E-state index in [1.807, 2.05) is 0 Å². The van der Waals surface area contributed by atoms with E-state index >= 15 is 0 Å². The fraction of sp³-hybridized carbons (Fsp3) is 0.167. The summed E-state index contributed by atoms with van der Waals surface area (Å²) in [5.74, 6) is 0. The van der Waals surface area contributed by atoms with Crippen molar-refractivity contribution >= 4 is 0 Å². The molecule has 16 heavy (non-hydrogen) atoms. The van der Waals surface area contributed by atoms with Crippen LogP contribution in [0, 0.1) is 0 Å². The van der Waals surface area contributed by atoms with E-state index < -0.39 is 11.7 Å². The second-order valence-electron chi connectivity index (χ2n) is 3.61. The van der Waals surface area contributed by atoms with E-state index in [1.165, 1.54) is 10.8 Å². The molecule has 0 radical (unpaired) electrons. The summed E-state index contributed by atoms with van der Waals surface area (Å²) >= 11 is 0. The second-order valence-corrected chi connectivity index (χ2v) is 3.61. The number of rotatable bonds is 1. The van der Waals surface area contributed by atoms with Gasteiger partial charge < -0.3 is 4.57 Å². The van der Waals surface area contributed by atoms with E-state index in [0.717, 1.165) is 6.20 Å². The van der Waals surface area contributed by atoms with E-state index in [2.05, 4.69) is 0 Å². The Morgan fingerprint density at radius 1 is 1.00 bits per heavy atom. The molecular formula is C12H10F3N. The van der Waals surface area contributed by atoms with E-state index in [4.69, 9.17) is 0 Å². The molecule has 0 N–H and O–H groups in total. The molecule has 0 aliphatic rings. The molecule has 4 heteroatoms. The van der Waals surface area contributed by atoms with Crippen LogP contribution in [0.1, 0.15) is 5.56 Å². The lowest BCUT2D eigenvalue weighted by Crippen LogP contribution is -2.04. The van der Waals surface area contributed by atoms with Crippen molar-refractivity contribution in [2.45, 2.75) is 6.18 Å². The van der Waals surface area contributed by atoms with Gasteiger partial charge in [-0.1, -0.05) is 30.3 Å². The predicted molar refractivity (Wildman–Crippen MR) is 55.9 cm³/mol. The maximum atomic E-state index is 12.7. The molecule has 0 bridgehead atoms. The Labute approximate surface area is 91.1 Å². The lowest BCUT2D eigenvalue weighted by molar-refractivity contribution is -0.137. The zero-order chi connectivity index (χ0) is 11.8. The van der Waals surface area contributed by atoms with Gasteiger partial charge in [-0.3, -0.25) is 0 Å². The van der Waals surface area contributed by atoms with Crippen molar-refractivity contribution in [2.24, 2.45) is 7.05 Å². The number of hydrogen-bond acceptors (Lipinski definition) is 0. The van der Waals surface area contributed by atoms with Crippen LogP contribution < -0.4 is 0 Å². The molecule has 84 valence electrons. The third-order valence-electron chi connectivity index (χ3n) is 2.35. The van der Waals surface area contributed by atoms with Gasteiger partial charge in [0, 0.05) is 25.0 Å². The summed E-state index contributed by atoms with van der Waals surface area (Å²) in [6, 6.07) is 8.57. The Morgan fingerprint density at radius 3 is 2.19 bits per heavy atom. The molecule has 0 aliphatic carbocycles. The highest BCUT2D eigenvalue weighted by Gasteiger charge is 2.34. The van der Waals surface area contributed by atoms with Gasteiger partial charge in [-0.05, 0) is 5.56 Å². The first-order valence-corrected chi connectivity index (χ1v) is 4.77. The molecule has 1 nitrogen and oxygen atoms in total. The van der Waals surface area contributed by atoms with Crippen LogP contribution in [0.15, 0.2) is 42.7 Å². The van der Waals surface area contributed by atoms with Crippen molar-refractivity contribution in [3.63, 3.8) is 0 Å². The summed E-state index contributed by atoms with van der Waals surface area (Å²) in [4.78, 5) is 0. The average molecular weight is 225 g/mol. The molecule has 2 rings (SSSR count). The summed E-state index contributed by atoms with van der Waals surface area (Å²) in [7, 11) is 1.58. The largest absolute Gasteiger partial charge is 0.418 e. The van der Waals surface area contributed by atoms with Gasteiger partial charge >= 0.3 is 6.18 Å². The molecule has 1 heterocycles. The van der Waals surface area contributed by atoms with Gasteiger partial charge in [0.05, 0.1) is 5.56 Å². The van der Waals surface area contributed by atoms with Gasteiger partial charge in [-0.15, -0.1) is 0 Å². The number of aromatic nitrogens is 1. The maximum absolute atomic E-state index is 12.7. The Hall–Kier alpha value is -1.71. The van der Waals surface area contributed by atoms with Gasteiger partial charge in [0.1, 0.15) is 0 Å². The van der Waals surface area contributed by atoms with Crippen molar-refractivity contribution in [3.05, 3.63) is 48.3 Å². The summed E-state index contributed by atoms with van der Waals surface area (Å²) < 4.78 is 39.6. The SMILES string of the molecule is Cn1cc(-c2ccccc2)c(C(F)(F)F)c1. The fourth-order valence-corrected chi connectivity index (χ4v) is 1.66. The maximum Gasteiger partial charge on any atom is 0.418 e. The molecule has 0 amide bonds. The lowest BCUT2D eigenvalue weighted by Gasteiger charge is -2.07. The number of hydrogen-bond donors (Lipinski definition) is 0. The van der Waals surface area contributed by atoms with Crippen LogP contribution >= 0.6 is 0 Å². The van der Waals surface area contributed by atoms with Crippen LogP contribution in [-0.2, 0) is 13.2 Å². The standard InChI is InChI=1S/C12H10F3N/c1-16-7-10(9-5-3-2-4-6-9)11(8-16)12(13,14)15/h2-8H,1H3. The van der Waals surface area contributed by atoms with E-state index in [9.17, 15) is 13.2 Å². The molecule has 0 spiro atoms. The summed E-state index contributed by atoms with van der Waals surface area (Å²) in [6.45, 7) is 0. The van der Waals surface area contributed by atoms with Crippen molar-refractivity contribution in [2.75, 3.05) is 0 Å². The zero-order valence-corrected chi connectivity index (χ0v) is 8.62. The lowest BCUT2D eigenvalue weighted by atomic mass is 10.0. The second kappa shape index (κ2) is 3.70. The molecule has 0 aliphatic heterocycles. The van der Waals surface area contributed by atoms with Gasteiger partial charge in [0.25, 0.3) is 0 Å². The molecule has 0 saturated carbocycles. The quantitative estimate of drug-likeness (QED) is 0.697. The average Bonchev–Trinajstić information content (AvgIpc) is 2.61. The molecule has 2 aromatic rings.